The van der Waals surface area contributed by atoms with Crippen LogP contribution in [0.15, 0.2) is 47.5 Å². The first-order chi connectivity index (χ1) is 13.2. The van der Waals surface area contributed by atoms with Crippen LogP contribution >= 0.6 is 0 Å². The Balaban J connectivity index is 1.50. The summed E-state index contributed by atoms with van der Waals surface area (Å²) in [6.07, 6.45) is 5.58. The molecule has 8 heteroatoms. The minimum atomic E-state index is -0.223. The molecule has 1 N–H and O–H groups in total. The SMILES string of the molecule is COc1ccc(-n2nc(C3CCCN(Cc4ncccn4)C3)[nH]c2=O)cc1. The number of hydrogen-bond donors (Lipinski definition) is 1. The fourth-order valence-electron chi connectivity index (χ4n) is 3.46. The molecule has 1 saturated heterocycles. The molecule has 0 radical (unpaired) electrons. The van der Waals surface area contributed by atoms with Gasteiger partial charge in [-0.05, 0) is 49.7 Å². The van der Waals surface area contributed by atoms with Crippen molar-refractivity contribution in [2.45, 2.75) is 25.3 Å². The Morgan fingerprint density at radius 3 is 2.74 bits per heavy atom. The van der Waals surface area contributed by atoms with Crippen molar-refractivity contribution < 1.29 is 4.74 Å². The molecule has 1 atom stereocenters. The highest BCUT2D eigenvalue weighted by Gasteiger charge is 2.25. The predicted molar refractivity (Wildman–Crippen MR) is 100 cm³/mol. The zero-order valence-electron chi connectivity index (χ0n) is 15.2. The van der Waals surface area contributed by atoms with Crippen LogP contribution in [-0.2, 0) is 6.54 Å². The molecule has 27 heavy (non-hydrogen) atoms. The maximum absolute atomic E-state index is 12.4. The molecule has 1 aliphatic heterocycles. The van der Waals surface area contributed by atoms with Gasteiger partial charge in [0.2, 0.25) is 0 Å². The molecule has 0 aliphatic carbocycles. The summed E-state index contributed by atoms with van der Waals surface area (Å²) in [5.74, 6) is 2.48. The standard InChI is InChI=1S/C19H22N6O2/c1-27-16-7-5-15(6-8-16)25-19(26)22-18(23-25)14-4-2-11-24(12-14)13-17-20-9-3-10-21-17/h3,5-10,14H,2,4,11-13H2,1H3,(H,22,23,26). The van der Waals surface area contributed by atoms with Gasteiger partial charge in [-0.15, -0.1) is 5.10 Å². The van der Waals surface area contributed by atoms with Crippen LogP contribution in [0.25, 0.3) is 5.69 Å². The monoisotopic (exact) mass is 366 g/mol. The highest BCUT2D eigenvalue weighted by molar-refractivity contribution is 5.36. The number of ether oxygens (including phenoxy) is 1. The van der Waals surface area contributed by atoms with E-state index in [1.54, 1.807) is 19.5 Å². The Labute approximate surface area is 156 Å². The summed E-state index contributed by atoms with van der Waals surface area (Å²) < 4.78 is 6.58. The predicted octanol–water partition coefficient (Wildman–Crippen LogP) is 1.74. The molecule has 0 bridgehead atoms. The summed E-state index contributed by atoms with van der Waals surface area (Å²) in [5, 5.41) is 4.55. The highest BCUT2D eigenvalue weighted by Crippen LogP contribution is 2.25. The second-order valence-electron chi connectivity index (χ2n) is 6.66. The quantitative estimate of drug-likeness (QED) is 0.740. The number of aromatic amines is 1. The lowest BCUT2D eigenvalue weighted by Crippen LogP contribution is -2.34. The molecular weight excluding hydrogens is 344 g/mol. The lowest BCUT2D eigenvalue weighted by Gasteiger charge is -2.30. The van der Waals surface area contributed by atoms with Crippen molar-refractivity contribution >= 4 is 0 Å². The fraction of sp³-hybridized carbons (Fsp3) is 0.368. The van der Waals surface area contributed by atoms with E-state index in [1.807, 2.05) is 30.3 Å². The van der Waals surface area contributed by atoms with E-state index in [-0.39, 0.29) is 11.6 Å². The molecule has 8 nitrogen and oxygen atoms in total. The zero-order chi connectivity index (χ0) is 18.6. The van der Waals surface area contributed by atoms with E-state index >= 15 is 0 Å². The number of likely N-dealkylation sites (tertiary alicyclic amines) is 1. The first-order valence-electron chi connectivity index (χ1n) is 9.05. The van der Waals surface area contributed by atoms with Crippen LogP contribution < -0.4 is 10.4 Å². The Kier molecular flexibility index (Phi) is 4.97. The number of piperidine rings is 1. The van der Waals surface area contributed by atoms with Gasteiger partial charge in [0.15, 0.2) is 0 Å². The summed E-state index contributed by atoms with van der Waals surface area (Å²) in [6, 6.07) is 9.10. The van der Waals surface area contributed by atoms with Crippen LogP contribution in [0.2, 0.25) is 0 Å². The molecule has 1 aromatic carbocycles. The molecule has 0 saturated carbocycles. The molecule has 140 valence electrons. The van der Waals surface area contributed by atoms with Gasteiger partial charge in [0, 0.05) is 24.9 Å². The number of hydrogen-bond acceptors (Lipinski definition) is 6. The second kappa shape index (κ2) is 7.71. The molecule has 1 aliphatic rings. The third-order valence-electron chi connectivity index (χ3n) is 4.83. The molecule has 0 spiro atoms. The molecule has 3 heterocycles. The van der Waals surface area contributed by atoms with E-state index in [0.29, 0.717) is 12.2 Å². The topological polar surface area (TPSA) is 88.9 Å². The van der Waals surface area contributed by atoms with E-state index in [1.165, 1.54) is 4.68 Å². The maximum atomic E-state index is 12.4. The lowest BCUT2D eigenvalue weighted by atomic mass is 9.97. The summed E-state index contributed by atoms with van der Waals surface area (Å²) in [7, 11) is 1.61. The second-order valence-corrected chi connectivity index (χ2v) is 6.66. The van der Waals surface area contributed by atoms with E-state index in [4.69, 9.17) is 4.74 Å². The summed E-state index contributed by atoms with van der Waals surface area (Å²) in [6.45, 7) is 2.53. The van der Waals surface area contributed by atoms with Gasteiger partial charge in [0.25, 0.3) is 0 Å². The Morgan fingerprint density at radius 2 is 2.00 bits per heavy atom. The number of aromatic nitrogens is 5. The minimum Gasteiger partial charge on any atom is -0.497 e. The molecular formula is C19H22N6O2. The van der Waals surface area contributed by atoms with Crippen molar-refractivity contribution in [2.75, 3.05) is 20.2 Å². The lowest BCUT2D eigenvalue weighted by molar-refractivity contribution is 0.192. The number of nitrogens with one attached hydrogen (secondary N) is 1. The first kappa shape index (κ1) is 17.4. The van der Waals surface area contributed by atoms with Crippen LogP contribution in [0.5, 0.6) is 5.75 Å². The van der Waals surface area contributed by atoms with Gasteiger partial charge in [-0.2, -0.15) is 4.68 Å². The van der Waals surface area contributed by atoms with Gasteiger partial charge in [-0.3, -0.25) is 9.88 Å². The van der Waals surface area contributed by atoms with Crippen LogP contribution in [-0.4, -0.2) is 49.8 Å². The Bertz CT molecular complexity index is 935. The summed E-state index contributed by atoms with van der Waals surface area (Å²) in [5.41, 5.74) is 0.493. The largest absolute Gasteiger partial charge is 0.497 e. The molecule has 1 fully saturated rings. The molecule has 3 aromatic rings. The third-order valence-corrected chi connectivity index (χ3v) is 4.83. The van der Waals surface area contributed by atoms with E-state index in [9.17, 15) is 4.79 Å². The van der Waals surface area contributed by atoms with Crippen molar-refractivity contribution in [3.63, 3.8) is 0 Å². The van der Waals surface area contributed by atoms with E-state index in [2.05, 4.69) is 25.0 Å². The number of benzene rings is 1. The number of H-pyrrole nitrogens is 1. The van der Waals surface area contributed by atoms with Crippen molar-refractivity contribution in [3.05, 3.63) is 64.9 Å². The van der Waals surface area contributed by atoms with Crippen LogP contribution in [0, 0.1) is 0 Å². The van der Waals surface area contributed by atoms with E-state index < -0.39 is 0 Å². The van der Waals surface area contributed by atoms with Crippen molar-refractivity contribution in [2.24, 2.45) is 0 Å². The average Bonchev–Trinajstić information content (AvgIpc) is 3.11. The van der Waals surface area contributed by atoms with Gasteiger partial charge in [0.05, 0.1) is 19.3 Å². The van der Waals surface area contributed by atoms with Crippen molar-refractivity contribution in [1.29, 1.82) is 0 Å². The smallest absolute Gasteiger partial charge is 0.348 e. The number of nitrogens with zero attached hydrogens (tertiary/aromatic N) is 5. The molecule has 0 amide bonds. The van der Waals surface area contributed by atoms with Crippen LogP contribution in [0.4, 0.5) is 0 Å². The van der Waals surface area contributed by atoms with Crippen molar-refractivity contribution in [3.8, 4) is 11.4 Å². The van der Waals surface area contributed by atoms with Gasteiger partial charge in [0.1, 0.15) is 17.4 Å². The molecule has 1 unspecified atom stereocenters. The zero-order valence-corrected chi connectivity index (χ0v) is 15.2. The minimum absolute atomic E-state index is 0.190. The van der Waals surface area contributed by atoms with Gasteiger partial charge >= 0.3 is 5.69 Å². The number of methoxy groups -OCH3 is 1. The maximum Gasteiger partial charge on any atom is 0.348 e. The van der Waals surface area contributed by atoms with Crippen molar-refractivity contribution in [1.82, 2.24) is 29.6 Å². The first-order valence-corrected chi connectivity index (χ1v) is 9.05. The molecule has 2 aromatic heterocycles. The Morgan fingerprint density at radius 1 is 1.22 bits per heavy atom. The highest BCUT2D eigenvalue weighted by atomic mass is 16.5. The van der Waals surface area contributed by atoms with Crippen LogP contribution in [0.3, 0.4) is 0 Å². The summed E-state index contributed by atoms with van der Waals surface area (Å²) in [4.78, 5) is 26.2. The Hall–Kier alpha value is -3.00. The summed E-state index contributed by atoms with van der Waals surface area (Å²) >= 11 is 0. The van der Waals surface area contributed by atoms with Crippen LogP contribution in [0.1, 0.15) is 30.4 Å². The number of rotatable bonds is 5. The third kappa shape index (κ3) is 3.90. The van der Waals surface area contributed by atoms with E-state index in [0.717, 1.165) is 43.3 Å². The normalized spacial score (nSPS) is 17.7. The van der Waals surface area contributed by atoms with Gasteiger partial charge < -0.3 is 4.74 Å². The molecule has 4 rings (SSSR count). The average molecular weight is 366 g/mol. The van der Waals surface area contributed by atoms with Gasteiger partial charge in [-0.25, -0.2) is 14.8 Å². The van der Waals surface area contributed by atoms with Gasteiger partial charge in [-0.1, -0.05) is 0 Å². The fourth-order valence-corrected chi connectivity index (χ4v) is 3.46.